The van der Waals surface area contributed by atoms with E-state index in [0.717, 1.165) is 6.08 Å². The van der Waals surface area contributed by atoms with Crippen LogP contribution in [0.3, 0.4) is 0 Å². The van der Waals surface area contributed by atoms with Gasteiger partial charge in [0.05, 0.1) is 0 Å². The average molecular weight is 170 g/mol. The first-order chi connectivity index (χ1) is 3.95. The van der Waals surface area contributed by atoms with E-state index in [1.165, 1.54) is 4.72 Å². The predicted molar refractivity (Wildman–Crippen MR) is 33.1 cm³/mol. The molecule has 0 bridgehead atoms. The molecular formula is C3H4ClNO3S. The van der Waals surface area contributed by atoms with Crippen molar-refractivity contribution in [1.29, 1.82) is 0 Å². The highest BCUT2D eigenvalue weighted by molar-refractivity contribution is 8.12. The summed E-state index contributed by atoms with van der Waals surface area (Å²) < 4.78 is 21.4. The van der Waals surface area contributed by atoms with Crippen LogP contribution >= 0.6 is 10.7 Å². The highest BCUT2D eigenvalue weighted by Gasteiger charge is 2.05. The molecule has 0 rings (SSSR count). The Labute approximate surface area is 57.1 Å². The van der Waals surface area contributed by atoms with Crippen LogP contribution < -0.4 is 4.72 Å². The van der Waals surface area contributed by atoms with Crippen LogP contribution in [-0.4, -0.2) is 14.3 Å². The van der Waals surface area contributed by atoms with Gasteiger partial charge in [-0.05, 0) is 6.08 Å². The van der Waals surface area contributed by atoms with E-state index < -0.39 is 15.1 Å². The maximum Gasteiger partial charge on any atom is 0.321 e. The Balaban J connectivity index is 4.06. The molecule has 0 aliphatic rings. The van der Waals surface area contributed by atoms with E-state index in [4.69, 9.17) is 0 Å². The standard InChI is InChI=1S/C3H4ClNO3S/c1-2-3(6)5-9(4,7)8/h2H,1H2,(H,5,6). The Morgan fingerprint density at radius 3 is 2.22 bits per heavy atom. The molecule has 1 N–H and O–H groups in total. The molecule has 0 saturated carbocycles. The van der Waals surface area contributed by atoms with Crippen LogP contribution in [-0.2, 0) is 14.0 Å². The Morgan fingerprint density at radius 2 is 2.11 bits per heavy atom. The van der Waals surface area contributed by atoms with Crippen LogP contribution in [0.4, 0.5) is 0 Å². The summed E-state index contributed by atoms with van der Waals surface area (Å²) in [5.74, 6) is -0.843. The van der Waals surface area contributed by atoms with Crippen LogP contribution in [0.25, 0.3) is 0 Å². The number of carbonyl (C=O) groups excluding carboxylic acids is 1. The summed E-state index contributed by atoms with van der Waals surface area (Å²) in [5.41, 5.74) is 0. The van der Waals surface area contributed by atoms with E-state index in [1.807, 2.05) is 0 Å². The lowest BCUT2D eigenvalue weighted by Gasteiger charge is -1.91. The molecule has 0 aromatic heterocycles. The number of rotatable bonds is 2. The van der Waals surface area contributed by atoms with Crippen LogP contribution in [0.1, 0.15) is 0 Å². The molecular weight excluding hydrogens is 166 g/mol. The maximum absolute atomic E-state index is 10.1. The summed E-state index contributed by atoms with van der Waals surface area (Å²) in [4.78, 5) is 10.1. The van der Waals surface area contributed by atoms with E-state index in [9.17, 15) is 13.2 Å². The fourth-order valence-electron chi connectivity index (χ4n) is 0.162. The second-order valence-corrected chi connectivity index (χ2v) is 3.41. The van der Waals surface area contributed by atoms with E-state index >= 15 is 0 Å². The van der Waals surface area contributed by atoms with Crippen molar-refractivity contribution in [2.75, 3.05) is 0 Å². The van der Waals surface area contributed by atoms with Crippen LogP contribution in [0.5, 0.6) is 0 Å². The van der Waals surface area contributed by atoms with Crippen molar-refractivity contribution in [2.24, 2.45) is 0 Å². The number of amides is 1. The quantitative estimate of drug-likeness (QED) is 0.459. The highest BCUT2D eigenvalue weighted by Crippen LogP contribution is 1.87. The summed E-state index contributed by atoms with van der Waals surface area (Å²) in [5, 5.41) is 0. The number of hydrogen-bond acceptors (Lipinski definition) is 3. The van der Waals surface area contributed by atoms with Gasteiger partial charge in [-0.3, -0.25) is 4.79 Å². The number of hydrogen-bond donors (Lipinski definition) is 1. The van der Waals surface area contributed by atoms with Gasteiger partial charge in [0.1, 0.15) is 0 Å². The minimum atomic E-state index is -3.93. The SMILES string of the molecule is C=CC(=O)NS(=O)(=O)Cl. The molecule has 0 unspecified atom stereocenters. The van der Waals surface area contributed by atoms with Crippen LogP contribution in [0.2, 0.25) is 0 Å². The molecule has 52 valence electrons. The molecule has 6 heteroatoms. The molecule has 0 aromatic rings. The number of halogens is 1. The summed E-state index contributed by atoms with van der Waals surface area (Å²) in [7, 11) is 0.665. The van der Waals surface area contributed by atoms with Crippen molar-refractivity contribution >= 4 is 25.8 Å². The molecule has 1 amide bonds. The van der Waals surface area contributed by atoms with Gasteiger partial charge < -0.3 is 0 Å². The fraction of sp³-hybridized carbons (Fsp3) is 0. The fourth-order valence-corrected chi connectivity index (χ4v) is 0.714. The third-order valence-corrected chi connectivity index (χ3v) is 1.08. The van der Waals surface area contributed by atoms with Gasteiger partial charge in [-0.1, -0.05) is 6.58 Å². The molecule has 0 aromatic carbocycles. The molecule has 0 spiro atoms. The predicted octanol–water partition coefficient (Wildman–Crippen LogP) is -0.228. The maximum atomic E-state index is 10.1. The minimum absolute atomic E-state index is 0.805. The minimum Gasteiger partial charge on any atom is -0.269 e. The van der Waals surface area contributed by atoms with E-state index in [1.54, 1.807) is 0 Å². The summed E-state index contributed by atoms with van der Waals surface area (Å²) in [6.07, 6.45) is 0.805. The Kier molecular flexibility index (Phi) is 2.66. The van der Waals surface area contributed by atoms with Gasteiger partial charge in [0, 0.05) is 10.7 Å². The van der Waals surface area contributed by atoms with Crippen molar-refractivity contribution in [3.8, 4) is 0 Å². The third-order valence-electron chi connectivity index (χ3n) is 0.408. The lowest BCUT2D eigenvalue weighted by Crippen LogP contribution is -2.23. The molecule has 0 atom stereocenters. The largest absolute Gasteiger partial charge is 0.321 e. The monoisotopic (exact) mass is 169 g/mol. The lowest BCUT2D eigenvalue weighted by molar-refractivity contribution is -0.114. The van der Waals surface area contributed by atoms with Gasteiger partial charge in [-0.15, -0.1) is 0 Å². The topological polar surface area (TPSA) is 63.2 Å². The second kappa shape index (κ2) is 2.84. The highest BCUT2D eigenvalue weighted by atomic mass is 35.7. The number of carbonyl (C=O) groups is 1. The van der Waals surface area contributed by atoms with Crippen molar-refractivity contribution in [2.45, 2.75) is 0 Å². The first kappa shape index (κ1) is 8.45. The molecule has 0 radical (unpaired) electrons. The van der Waals surface area contributed by atoms with Gasteiger partial charge >= 0.3 is 9.24 Å². The summed E-state index contributed by atoms with van der Waals surface area (Å²) >= 11 is 0. The molecule has 4 nitrogen and oxygen atoms in total. The van der Waals surface area contributed by atoms with Crippen LogP contribution in [0, 0.1) is 0 Å². The Hall–Kier alpha value is -0.550. The Bertz CT molecular complexity index is 219. The molecule has 0 aliphatic carbocycles. The molecule has 0 heterocycles. The van der Waals surface area contributed by atoms with Gasteiger partial charge in [-0.2, -0.15) is 8.42 Å². The lowest BCUT2D eigenvalue weighted by atomic mass is 10.6. The Morgan fingerprint density at radius 1 is 1.67 bits per heavy atom. The van der Waals surface area contributed by atoms with Crippen molar-refractivity contribution < 1.29 is 13.2 Å². The molecule has 0 saturated heterocycles. The van der Waals surface area contributed by atoms with E-state index in [-0.39, 0.29) is 0 Å². The van der Waals surface area contributed by atoms with Crippen molar-refractivity contribution in [3.05, 3.63) is 12.7 Å². The smallest absolute Gasteiger partial charge is 0.269 e. The molecule has 9 heavy (non-hydrogen) atoms. The van der Waals surface area contributed by atoms with Gasteiger partial charge in [0.15, 0.2) is 0 Å². The van der Waals surface area contributed by atoms with Gasteiger partial charge in [0.2, 0.25) is 0 Å². The normalized spacial score (nSPS) is 10.3. The first-order valence-electron chi connectivity index (χ1n) is 1.84. The second-order valence-electron chi connectivity index (χ2n) is 1.11. The van der Waals surface area contributed by atoms with Crippen LogP contribution in [0.15, 0.2) is 12.7 Å². The zero-order valence-electron chi connectivity index (χ0n) is 4.30. The van der Waals surface area contributed by atoms with Crippen molar-refractivity contribution in [1.82, 2.24) is 4.72 Å². The summed E-state index contributed by atoms with van der Waals surface area (Å²) in [6.45, 7) is 3.01. The van der Waals surface area contributed by atoms with Gasteiger partial charge in [-0.25, -0.2) is 4.72 Å². The van der Waals surface area contributed by atoms with Crippen molar-refractivity contribution in [3.63, 3.8) is 0 Å². The molecule has 0 fully saturated rings. The average Bonchev–Trinajstić information content (AvgIpc) is 1.62. The van der Waals surface area contributed by atoms with E-state index in [0.29, 0.717) is 0 Å². The summed E-state index contributed by atoms with van der Waals surface area (Å²) in [6, 6.07) is 0. The zero-order valence-corrected chi connectivity index (χ0v) is 5.87. The van der Waals surface area contributed by atoms with E-state index in [2.05, 4.69) is 17.3 Å². The first-order valence-corrected chi connectivity index (χ1v) is 4.15. The third kappa shape index (κ3) is 5.32. The number of nitrogens with one attached hydrogen (secondary N) is 1. The zero-order chi connectivity index (χ0) is 7.49. The van der Waals surface area contributed by atoms with Gasteiger partial charge in [0.25, 0.3) is 5.91 Å². The molecule has 0 aliphatic heterocycles.